The van der Waals surface area contributed by atoms with E-state index in [1.165, 1.54) is 0 Å². The minimum atomic E-state index is 0.177. The molecule has 0 saturated carbocycles. The molecule has 1 aliphatic heterocycles. The van der Waals surface area contributed by atoms with Crippen LogP contribution in [-0.4, -0.2) is 23.9 Å². The van der Waals surface area contributed by atoms with Crippen molar-refractivity contribution in [1.82, 2.24) is 4.90 Å². The van der Waals surface area contributed by atoms with Crippen LogP contribution in [0.3, 0.4) is 0 Å². The van der Waals surface area contributed by atoms with E-state index in [0.29, 0.717) is 0 Å². The first-order chi connectivity index (χ1) is 10.7. The van der Waals surface area contributed by atoms with Gasteiger partial charge >= 0.3 is 0 Å². The van der Waals surface area contributed by atoms with Crippen LogP contribution in [0.1, 0.15) is 31.7 Å². The lowest BCUT2D eigenvalue weighted by Gasteiger charge is -2.32. The average Bonchev–Trinajstić information content (AvgIpc) is 2.55. The van der Waals surface area contributed by atoms with Gasteiger partial charge in [0.25, 0.3) is 5.91 Å². The Morgan fingerprint density at radius 1 is 1.18 bits per heavy atom. The molecule has 3 rings (SSSR count). The summed E-state index contributed by atoms with van der Waals surface area (Å²) < 4.78 is 0. The first-order valence-electron chi connectivity index (χ1n) is 8.07. The zero-order chi connectivity index (χ0) is 15.4. The second-order valence-electron chi connectivity index (χ2n) is 6.46. The number of carbonyl (C=O) groups is 1. The summed E-state index contributed by atoms with van der Waals surface area (Å²) >= 11 is 0. The summed E-state index contributed by atoms with van der Waals surface area (Å²) in [6.07, 6.45) is 13.8. The van der Waals surface area contributed by atoms with Gasteiger partial charge in [-0.05, 0) is 30.2 Å². The minimum Gasteiger partial charge on any atom is -0.338 e. The molecule has 1 amide bonds. The Labute approximate surface area is 132 Å². The Morgan fingerprint density at radius 2 is 2.00 bits per heavy atom. The van der Waals surface area contributed by atoms with Crippen molar-refractivity contribution >= 4 is 11.5 Å². The molecule has 0 aromatic heterocycles. The summed E-state index contributed by atoms with van der Waals surface area (Å²) in [5.41, 5.74) is 2.07. The summed E-state index contributed by atoms with van der Waals surface area (Å²) in [5, 5.41) is 0. The molecule has 0 fully saturated rings. The second-order valence-corrected chi connectivity index (χ2v) is 6.46. The van der Waals surface area contributed by atoms with Gasteiger partial charge < -0.3 is 4.90 Å². The fourth-order valence-corrected chi connectivity index (χ4v) is 3.14. The Kier molecular flexibility index (Phi) is 4.28. The van der Waals surface area contributed by atoms with Crippen LogP contribution in [0.4, 0.5) is 0 Å². The molecule has 0 radical (unpaired) electrons. The Bertz CT molecular complexity index is 626. The molecule has 0 N–H and O–H groups in total. The number of amides is 1. The molecule has 2 aliphatic rings. The third-order valence-electron chi connectivity index (χ3n) is 4.63. The molecular formula is C20H23NO. The number of hydrogen-bond acceptors (Lipinski definition) is 1. The smallest absolute Gasteiger partial charge is 0.254 e. The Hall–Kier alpha value is -2.09. The van der Waals surface area contributed by atoms with Crippen LogP contribution in [-0.2, 0) is 4.79 Å². The van der Waals surface area contributed by atoms with Crippen LogP contribution < -0.4 is 0 Å². The highest BCUT2D eigenvalue weighted by Gasteiger charge is 2.26. The van der Waals surface area contributed by atoms with Crippen LogP contribution in [0.25, 0.3) is 5.57 Å². The molecule has 0 saturated heterocycles. The lowest BCUT2D eigenvalue weighted by Crippen LogP contribution is -2.37. The summed E-state index contributed by atoms with van der Waals surface area (Å²) in [4.78, 5) is 14.7. The molecule has 1 unspecified atom stereocenters. The van der Waals surface area contributed by atoms with Crippen molar-refractivity contribution in [1.29, 1.82) is 0 Å². The molecule has 1 aromatic carbocycles. The normalized spacial score (nSPS) is 24.5. The van der Waals surface area contributed by atoms with Crippen molar-refractivity contribution in [2.45, 2.75) is 26.2 Å². The van der Waals surface area contributed by atoms with Gasteiger partial charge in [-0.15, -0.1) is 0 Å². The van der Waals surface area contributed by atoms with Gasteiger partial charge in [-0.25, -0.2) is 0 Å². The molecule has 22 heavy (non-hydrogen) atoms. The standard InChI is InChI=1S/C20H23NO/c1-20(12-6-3-7-13-20)14-16-21-15-8-11-18(19(21)22)17-9-4-2-5-10-17/h2-7,9-12H,8,13-16H2,1H3. The third-order valence-corrected chi connectivity index (χ3v) is 4.63. The van der Waals surface area contributed by atoms with Crippen LogP contribution in [0.5, 0.6) is 0 Å². The highest BCUT2D eigenvalue weighted by molar-refractivity contribution is 6.20. The van der Waals surface area contributed by atoms with Crippen LogP contribution in [0, 0.1) is 5.41 Å². The van der Waals surface area contributed by atoms with Crippen molar-refractivity contribution in [3.8, 4) is 0 Å². The lowest BCUT2D eigenvalue weighted by atomic mass is 9.80. The van der Waals surface area contributed by atoms with E-state index in [-0.39, 0.29) is 11.3 Å². The molecule has 1 atom stereocenters. The number of rotatable bonds is 4. The van der Waals surface area contributed by atoms with E-state index in [0.717, 1.165) is 43.5 Å². The molecule has 0 spiro atoms. The van der Waals surface area contributed by atoms with E-state index in [1.807, 2.05) is 35.2 Å². The maximum atomic E-state index is 12.7. The van der Waals surface area contributed by atoms with E-state index >= 15 is 0 Å². The molecular weight excluding hydrogens is 270 g/mol. The molecule has 2 nitrogen and oxygen atoms in total. The van der Waals surface area contributed by atoms with Crippen LogP contribution in [0.2, 0.25) is 0 Å². The SMILES string of the molecule is CC1(CCN2CCC=C(c3ccccc3)C2=O)C=CC=CC1. The fraction of sp³-hybridized carbons (Fsp3) is 0.350. The maximum absolute atomic E-state index is 12.7. The number of allylic oxidation sites excluding steroid dienone is 4. The largest absolute Gasteiger partial charge is 0.338 e. The fourth-order valence-electron chi connectivity index (χ4n) is 3.14. The van der Waals surface area contributed by atoms with Gasteiger partial charge in [-0.3, -0.25) is 4.79 Å². The topological polar surface area (TPSA) is 20.3 Å². The number of nitrogens with zero attached hydrogens (tertiary/aromatic N) is 1. The van der Waals surface area contributed by atoms with E-state index in [2.05, 4.69) is 37.3 Å². The third kappa shape index (κ3) is 3.22. The highest BCUT2D eigenvalue weighted by atomic mass is 16.2. The molecule has 2 heteroatoms. The second kappa shape index (κ2) is 6.35. The van der Waals surface area contributed by atoms with Gasteiger partial charge in [0.1, 0.15) is 0 Å². The summed E-state index contributed by atoms with van der Waals surface area (Å²) in [7, 11) is 0. The van der Waals surface area contributed by atoms with Crippen molar-refractivity contribution in [3.05, 3.63) is 66.3 Å². The minimum absolute atomic E-state index is 0.177. The highest BCUT2D eigenvalue weighted by Crippen LogP contribution is 2.32. The number of benzene rings is 1. The zero-order valence-corrected chi connectivity index (χ0v) is 13.2. The average molecular weight is 293 g/mol. The van der Waals surface area contributed by atoms with Crippen molar-refractivity contribution in [2.24, 2.45) is 5.41 Å². The molecule has 1 aliphatic carbocycles. The summed E-state index contributed by atoms with van der Waals surface area (Å²) in [6, 6.07) is 10.00. The molecule has 1 aromatic rings. The van der Waals surface area contributed by atoms with E-state index in [9.17, 15) is 4.79 Å². The predicted octanol–water partition coefficient (Wildman–Crippen LogP) is 4.21. The lowest BCUT2D eigenvalue weighted by molar-refractivity contribution is -0.125. The van der Waals surface area contributed by atoms with E-state index < -0.39 is 0 Å². The first kappa shape index (κ1) is 14.8. The monoisotopic (exact) mass is 293 g/mol. The van der Waals surface area contributed by atoms with Crippen molar-refractivity contribution < 1.29 is 4.79 Å². The molecule has 1 heterocycles. The van der Waals surface area contributed by atoms with E-state index in [4.69, 9.17) is 0 Å². The van der Waals surface area contributed by atoms with Gasteiger partial charge in [0, 0.05) is 18.7 Å². The number of hydrogen-bond donors (Lipinski definition) is 0. The van der Waals surface area contributed by atoms with Crippen molar-refractivity contribution in [3.63, 3.8) is 0 Å². The van der Waals surface area contributed by atoms with Crippen LogP contribution >= 0.6 is 0 Å². The van der Waals surface area contributed by atoms with Gasteiger partial charge in [-0.1, -0.05) is 67.6 Å². The Morgan fingerprint density at radius 3 is 2.73 bits per heavy atom. The van der Waals surface area contributed by atoms with E-state index in [1.54, 1.807) is 0 Å². The van der Waals surface area contributed by atoms with Gasteiger partial charge in [0.15, 0.2) is 0 Å². The molecule has 114 valence electrons. The summed E-state index contributed by atoms with van der Waals surface area (Å²) in [5.74, 6) is 0.177. The maximum Gasteiger partial charge on any atom is 0.254 e. The zero-order valence-electron chi connectivity index (χ0n) is 13.2. The van der Waals surface area contributed by atoms with Gasteiger partial charge in [0.05, 0.1) is 0 Å². The van der Waals surface area contributed by atoms with Gasteiger partial charge in [0.2, 0.25) is 0 Å². The number of carbonyl (C=O) groups excluding carboxylic acids is 1. The predicted molar refractivity (Wildman–Crippen MR) is 91.2 cm³/mol. The summed E-state index contributed by atoms with van der Waals surface area (Å²) in [6.45, 7) is 3.94. The first-order valence-corrected chi connectivity index (χ1v) is 8.07. The quantitative estimate of drug-likeness (QED) is 0.814. The van der Waals surface area contributed by atoms with Crippen molar-refractivity contribution in [2.75, 3.05) is 13.1 Å². The Balaban J connectivity index is 1.66. The molecule has 0 bridgehead atoms. The van der Waals surface area contributed by atoms with Gasteiger partial charge in [-0.2, -0.15) is 0 Å². The van der Waals surface area contributed by atoms with Crippen LogP contribution in [0.15, 0.2) is 60.7 Å².